The summed E-state index contributed by atoms with van der Waals surface area (Å²) >= 11 is 0. The van der Waals surface area contributed by atoms with Crippen molar-refractivity contribution in [3.63, 3.8) is 0 Å². The number of nitrogens with two attached hydrogens (primary N) is 1. The molecule has 10 nitrogen and oxygen atoms in total. The van der Waals surface area contributed by atoms with Gasteiger partial charge in [-0.15, -0.1) is 0 Å². The standard InChI is InChI=1S/C24H27N5O5/c25-19(10-16-6-8-18(30)9-7-16)22(31)28-20(12-17-13-26-14-27-17)23(32)29-21(24(33)34)11-15-4-2-1-3-5-15/h1-9,13-14,19-21,30H,10-12,25H2,(H,26,27)(H,28,31)(H,29,32)(H,33,34). The summed E-state index contributed by atoms with van der Waals surface area (Å²) < 4.78 is 0. The minimum Gasteiger partial charge on any atom is -0.508 e. The van der Waals surface area contributed by atoms with Gasteiger partial charge in [0, 0.05) is 24.7 Å². The number of aromatic amines is 1. The maximum atomic E-state index is 13.0. The molecule has 3 atom stereocenters. The third-order valence-electron chi connectivity index (χ3n) is 5.24. The number of carbonyl (C=O) groups is 3. The smallest absolute Gasteiger partial charge is 0.326 e. The fraction of sp³-hybridized carbons (Fsp3) is 0.250. The van der Waals surface area contributed by atoms with Gasteiger partial charge in [0.15, 0.2) is 0 Å². The van der Waals surface area contributed by atoms with E-state index in [1.54, 1.807) is 36.4 Å². The second kappa shape index (κ2) is 11.6. The van der Waals surface area contributed by atoms with Crippen LogP contribution in [-0.4, -0.2) is 56.1 Å². The van der Waals surface area contributed by atoms with Gasteiger partial charge in [-0.3, -0.25) is 9.59 Å². The molecule has 0 spiro atoms. The number of H-pyrrole nitrogens is 1. The number of hydrogen-bond acceptors (Lipinski definition) is 6. The van der Waals surface area contributed by atoms with Crippen LogP contribution >= 0.6 is 0 Å². The van der Waals surface area contributed by atoms with Crippen LogP contribution in [0.5, 0.6) is 5.75 Å². The summed E-state index contributed by atoms with van der Waals surface area (Å²) in [4.78, 5) is 44.4. The van der Waals surface area contributed by atoms with E-state index < -0.39 is 35.9 Å². The van der Waals surface area contributed by atoms with E-state index in [0.717, 1.165) is 11.1 Å². The summed E-state index contributed by atoms with van der Waals surface area (Å²) in [6.07, 6.45) is 3.31. The molecule has 2 aromatic carbocycles. The van der Waals surface area contributed by atoms with Crippen molar-refractivity contribution in [1.82, 2.24) is 20.6 Å². The van der Waals surface area contributed by atoms with Crippen molar-refractivity contribution in [3.05, 3.63) is 83.9 Å². The van der Waals surface area contributed by atoms with Gasteiger partial charge in [0.05, 0.1) is 12.4 Å². The Bertz CT molecular complexity index is 1090. The number of nitrogens with zero attached hydrogens (tertiary/aromatic N) is 1. The largest absolute Gasteiger partial charge is 0.508 e. The molecule has 1 heterocycles. The first-order valence-corrected chi connectivity index (χ1v) is 10.7. The monoisotopic (exact) mass is 465 g/mol. The van der Waals surface area contributed by atoms with Crippen LogP contribution < -0.4 is 16.4 Å². The van der Waals surface area contributed by atoms with Crippen LogP contribution in [0, 0.1) is 0 Å². The number of aliphatic carboxylic acids is 1. The SMILES string of the molecule is NC(Cc1ccc(O)cc1)C(=O)NC(Cc1cnc[nH]1)C(=O)NC(Cc1ccccc1)C(=O)O. The molecule has 0 radical (unpaired) electrons. The van der Waals surface area contributed by atoms with Crippen LogP contribution in [0.1, 0.15) is 16.8 Å². The van der Waals surface area contributed by atoms with Crippen molar-refractivity contribution < 1.29 is 24.6 Å². The van der Waals surface area contributed by atoms with Crippen LogP contribution in [0.25, 0.3) is 0 Å². The number of phenolic OH excluding ortho intramolecular Hbond substituents is 1. The zero-order chi connectivity index (χ0) is 24.5. The number of aromatic nitrogens is 2. The second-order valence-electron chi connectivity index (χ2n) is 7.91. The maximum Gasteiger partial charge on any atom is 0.326 e. The van der Waals surface area contributed by atoms with Crippen LogP contribution in [0.3, 0.4) is 0 Å². The number of benzene rings is 2. The predicted octanol–water partition coefficient (Wildman–Crippen LogP) is 0.525. The Hall–Kier alpha value is -4.18. The predicted molar refractivity (Wildman–Crippen MR) is 124 cm³/mol. The second-order valence-corrected chi connectivity index (χ2v) is 7.91. The van der Waals surface area contributed by atoms with E-state index in [9.17, 15) is 24.6 Å². The fourth-order valence-corrected chi connectivity index (χ4v) is 3.41. The molecule has 10 heteroatoms. The Kier molecular flexibility index (Phi) is 8.36. The van der Waals surface area contributed by atoms with Crippen LogP contribution in [0.15, 0.2) is 67.1 Å². The van der Waals surface area contributed by atoms with E-state index in [2.05, 4.69) is 20.6 Å². The molecule has 0 aliphatic heterocycles. The zero-order valence-electron chi connectivity index (χ0n) is 18.3. The summed E-state index contributed by atoms with van der Waals surface area (Å²) in [7, 11) is 0. The Morgan fingerprint density at radius 1 is 0.882 bits per heavy atom. The number of carboxylic acids is 1. The molecule has 0 fully saturated rings. The van der Waals surface area contributed by atoms with Gasteiger partial charge in [-0.2, -0.15) is 0 Å². The van der Waals surface area contributed by atoms with Gasteiger partial charge in [-0.1, -0.05) is 42.5 Å². The molecule has 178 valence electrons. The molecule has 1 aromatic heterocycles. The highest BCUT2D eigenvalue weighted by Crippen LogP contribution is 2.11. The lowest BCUT2D eigenvalue weighted by Gasteiger charge is -2.23. The summed E-state index contributed by atoms with van der Waals surface area (Å²) in [5.41, 5.74) is 8.12. The average Bonchev–Trinajstić information content (AvgIpc) is 3.33. The molecule has 7 N–H and O–H groups in total. The van der Waals surface area contributed by atoms with E-state index in [1.807, 2.05) is 6.07 Å². The molecule has 0 aliphatic rings. The van der Waals surface area contributed by atoms with Gasteiger partial charge in [-0.25, -0.2) is 9.78 Å². The van der Waals surface area contributed by atoms with Crippen LogP contribution in [-0.2, 0) is 33.6 Å². The molecule has 0 saturated carbocycles. The number of nitrogens with one attached hydrogen (secondary N) is 3. The number of rotatable bonds is 11. The minimum absolute atomic E-state index is 0.0706. The van der Waals surface area contributed by atoms with Crippen molar-refractivity contribution in [2.24, 2.45) is 5.73 Å². The van der Waals surface area contributed by atoms with Gasteiger partial charge >= 0.3 is 5.97 Å². The third kappa shape index (κ3) is 7.17. The molecular weight excluding hydrogens is 438 g/mol. The normalized spacial score (nSPS) is 13.4. The highest BCUT2D eigenvalue weighted by atomic mass is 16.4. The van der Waals surface area contributed by atoms with Gasteiger partial charge in [-0.05, 0) is 29.7 Å². The van der Waals surface area contributed by atoms with Crippen LogP contribution in [0.4, 0.5) is 0 Å². The number of phenols is 1. The van der Waals surface area contributed by atoms with Crippen molar-refractivity contribution >= 4 is 17.8 Å². The molecule has 34 heavy (non-hydrogen) atoms. The highest BCUT2D eigenvalue weighted by Gasteiger charge is 2.28. The minimum atomic E-state index is -1.19. The molecule has 3 rings (SSSR count). The Balaban J connectivity index is 1.69. The Morgan fingerprint density at radius 3 is 2.15 bits per heavy atom. The van der Waals surface area contributed by atoms with Crippen molar-refractivity contribution in [1.29, 1.82) is 0 Å². The topological polar surface area (TPSA) is 170 Å². The molecular formula is C24H27N5O5. The number of carbonyl (C=O) groups excluding carboxylic acids is 2. The van der Waals surface area contributed by atoms with Crippen molar-refractivity contribution in [2.75, 3.05) is 0 Å². The average molecular weight is 466 g/mol. The highest BCUT2D eigenvalue weighted by molar-refractivity contribution is 5.92. The molecule has 2 amide bonds. The van der Waals surface area contributed by atoms with Gasteiger partial charge in [0.2, 0.25) is 11.8 Å². The Labute approximate surface area is 196 Å². The van der Waals surface area contributed by atoms with Crippen LogP contribution in [0.2, 0.25) is 0 Å². The summed E-state index contributed by atoms with van der Waals surface area (Å²) in [6, 6.07) is 12.0. The third-order valence-corrected chi connectivity index (χ3v) is 5.24. The number of amides is 2. The summed E-state index contributed by atoms with van der Waals surface area (Å²) in [5, 5.41) is 24.2. The Morgan fingerprint density at radius 2 is 1.53 bits per heavy atom. The lowest BCUT2D eigenvalue weighted by molar-refractivity contribution is -0.142. The number of carboxylic acid groups (broad SMARTS) is 1. The van der Waals surface area contributed by atoms with Gasteiger partial charge in [0.25, 0.3) is 0 Å². The fourth-order valence-electron chi connectivity index (χ4n) is 3.41. The first kappa shape index (κ1) is 24.5. The lowest BCUT2D eigenvalue weighted by Crippen LogP contribution is -2.56. The first-order valence-electron chi connectivity index (χ1n) is 10.7. The molecule has 0 saturated heterocycles. The first-order chi connectivity index (χ1) is 16.3. The van der Waals surface area contributed by atoms with Crippen molar-refractivity contribution in [3.8, 4) is 5.75 Å². The summed E-state index contributed by atoms with van der Waals surface area (Å²) in [5.74, 6) is -2.31. The van der Waals surface area contributed by atoms with E-state index >= 15 is 0 Å². The lowest BCUT2D eigenvalue weighted by atomic mass is 10.0. The van der Waals surface area contributed by atoms with E-state index in [0.29, 0.717) is 5.69 Å². The number of imidazole rings is 1. The van der Waals surface area contributed by atoms with E-state index in [1.165, 1.54) is 24.7 Å². The quantitative estimate of drug-likeness (QED) is 0.240. The molecule has 0 aliphatic carbocycles. The molecule has 0 bridgehead atoms. The number of aromatic hydroxyl groups is 1. The van der Waals surface area contributed by atoms with Gasteiger partial charge < -0.3 is 31.6 Å². The number of hydrogen-bond donors (Lipinski definition) is 6. The molecule has 3 aromatic rings. The van der Waals surface area contributed by atoms with Gasteiger partial charge in [0.1, 0.15) is 17.8 Å². The van der Waals surface area contributed by atoms with E-state index in [4.69, 9.17) is 5.73 Å². The van der Waals surface area contributed by atoms with Crippen molar-refractivity contribution in [2.45, 2.75) is 37.4 Å². The summed E-state index contributed by atoms with van der Waals surface area (Å²) in [6.45, 7) is 0. The molecule has 3 unspecified atom stereocenters. The maximum absolute atomic E-state index is 13.0. The van der Waals surface area contributed by atoms with E-state index in [-0.39, 0.29) is 25.0 Å². The zero-order valence-corrected chi connectivity index (χ0v) is 18.3.